The van der Waals surface area contributed by atoms with Gasteiger partial charge in [0.2, 0.25) is 0 Å². The van der Waals surface area contributed by atoms with Crippen LogP contribution in [-0.4, -0.2) is 24.2 Å². The van der Waals surface area contributed by atoms with Gasteiger partial charge in [-0.3, -0.25) is 0 Å². The van der Waals surface area contributed by atoms with Gasteiger partial charge in [0.25, 0.3) is 5.19 Å². The third-order valence-electron chi connectivity index (χ3n) is 3.09. The first-order valence-electron chi connectivity index (χ1n) is 6.13. The minimum absolute atomic E-state index is 0. The van der Waals surface area contributed by atoms with Crippen LogP contribution in [0.25, 0.3) is 10.2 Å². The quantitative estimate of drug-likeness (QED) is 0.939. The molecular weight excluding hydrogens is 268 g/mol. The summed E-state index contributed by atoms with van der Waals surface area (Å²) in [6.07, 6.45) is 3.81. The van der Waals surface area contributed by atoms with E-state index in [2.05, 4.69) is 16.4 Å². The topological polar surface area (TPSA) is 34.1 Å². The number of nitrogens with one attached hydrogen (secondary N) is 1. The molecule has 1 fully saturated rings. The number of benzene rings is 1. The molecule has 2 aromatic rings. The van der Waals surface area contributed by atoms with E-state index in [0.29, 0.717) is 6.04 Å². The van der Waals surface area contributed by atoms with Gasteiger partial charge in [-0.1, -0.05) is 29.9 Å². The first-order valence-corrected chi connectivity index (χ1v) is 6.95. The van der Waals surface area contributed by atoms with Gasteiger partial charge >= 0.3 is 0 Å². The standard InChI is InChI=1S/C13H16N2OS.ClH/c1-2-7-12-11(6-1)15-13(17-12)16-9-10-5-3-4-8-14-10;/h1-2,6-7,10,14H,3-5,8-9H2;1H. The Hall–Kier alpha value is -0.840. The molecule has 1 saturated heterocycles. The average Bonchev–Trinajstić information content (AvgIpc) is 2.80. The number of fused-ring (bicyclic) bond motifs is 1. The van der Waals surface area contributed by atoms with Crippen molar-refractivity contribution in [1.29, 1.82) is 0 Å². The van der Waals surface area contributed by atoms with Crippen molar-refractivity contribution in [1.82, 2.24) is 10.3 Å². The van der Waals surface area contributed by atoms with Crippen molar-refractivity contribution < 1.29 is 4.74 Å². The summed E-state index contributed by atoms with van der Waals surface area (Å²) < 4.78 is 6.97. The zero-order valence-corrected chi connectivity index (χ0v) is 11.7. The van der Waals surface area contributed by atoms with Crippen LogP contribution in [0.4, 0.5) is 0 Å². The minimum Gasteiger partial charge on any atom is -0.468 e. The predicted octanol–water partition coefficient (Wildman–Crippen LogP) is 3.24. The fourth-order valence-corrected chi connectivity index (χ4v) is 2.97. The summed E-state index contributed by atoms with van der Waals surface area (Å²) in [6.45, 7) is 1.85. The highest BCUT2D eigenvalue weighted by Gasteiger charge is 2.14. The molecule has 18 heavy (non-hydrogen) atoms. The van der Waals surface area contributed by atoms with Gasteiger partial charge in [-0.2, -0.15) is 0 Å². The molecule has 1 atom stereocenters. The fourth-order valence-electron chi connectivity index (χ4n) is 2.15. The molecule has 3 nitrogen and oxygen atoms in total. The zero-order valence-electron chi connectivity index (χ0n) is 10.1. The number of para-hydroxylation sites is 1. The number of aromatic nitrogens is 1. The van der Waals surface area contributed by atoms with E-state index in [1.807, 2.05) is 18.2 Å². The van der Waals surface area contributed by atoms with Gasteiger partial charge in [0.15, 0.2) is 0 Å². The van der Waals surface area contributed by atoms with Crippen LogP contribution < -0.4 is 10.1 Å². The summed E-state index contributed by atoms with van der Waals surface area (Å²) in [5.74, 6) is 0. The second-order valence-electron chi connectivity index (χ2n) is 4.41. The molecule has 98 valence electrons. The lowest BCUT2D eigenvalue weighted by atomic mass is 10.1. The molecule has 3 rings (SSSR count). The van der Waals surface area contributed by atoms with Gasteiger partial charge in [-0.25, -0.2) is 4.98 Å². The summed E-state index contributed by atoms with van der Waals surface area (Å²) in [6, 6.07) is 8.65. The first kappa shape index (κ1) is 13.6. The van der Waals surface area contributed by atoms with E-state index in [1.54, 1.807) is 11.3 Å². The van der Waals surface area contributed by atoms with Crippen LogP contribution in [0.3, 0.4) is 0 Å². The minimum atomic E-state index is 0. The van der Waals surface area contributed by atoms with Crippen LogP contribution in [0.15, 0.2) is 24.3 Å². The number of rotatable bonds is 3. The second kappa shape index (κ2) is 6.36. The Labute approximate surface area is 117 Å². The lowest BCUT2D eigenvalue weighted by Crippen LogP contribution is -2.38. The summed E-state index contributed by atoms with van der Waals surface area (Å²) in [5, 5.41) is 4.27. The molecule has 2 heterocycles. The Morgan fingerprint density at radius 1 is 1.33 bits per heavy atom. The molecule has 1 unspecified atom stereocenters. The number of hydrogen-bond acceptors (Lipinski definition) is 4. The van der Waals surface area contributed by atoms with Crippen LogP contribution in [0.5, 0.6) is 5.19 Å². The Kier molecular flexibility index (Phi) is 4.80. The SMILES string of the molecule is Cl.c1ccc2sc(OCC3CCCCN3)nc2c1. The van der Waals surface area contributed by atoms with Crippen molar-refractivity contribution in [2.75, 3.05) is 13.2 Å². The van der Waals surface area contributed by atoms with Crippen LogP contribution >= 0.6 is 23.7 Å². The maximum atomic E-state index is 5.78. The van der Waals surface area contributed by atoms with Crippen molar-refractivity contribution >= 4 is 34.0 Å². The maximum Gasteiger partial charge on any atom is 0.274 e. The molecule has 1 aromatic carbocycles. The van der Waals surface area contributed by atoms with Gasteiger partial charge in [-0.05, 0) is 31.5 Å². The highest BCUT2D eigenvalue weighted by Crippen LogP contribution is 2.27. The first-order chi connectivity index (χ1) is 8.42. The van der Waals surface area contributed by atoms with E-state index in [1.165, 1.54) is 24.0 Å². The number of halogens is 1. The van der Waals surface area contributed by atoms with Gasteiger partial charge in [0.05, 0.1) is 10.2 Å². The Bertz CT molecular complexity index is 463. The maximum absolute atomic E-state index is 5.78. The van der Waals surface area contributed by atoms with E-state index in [-0.39, 0.29) is 12.4 Å². The third kappa shape index (κ3) is 3.13. The fraction of sp³-hybridized carbons (Fsp3) is 0.462. The summed E-state index contributed by atoms with van der Waals surface area (Å²) in [4.78, 5) is 4.47. The third-order valence-corrected chi connectivity index (χ3v) is 4.04. The highest BCUT2D eigenvalue weighted by molar-refractivity contribution is 7.20. The molecule has 1 N–H and O–H groups in total. The Morgan fingerprint density at radius 3 is 3.00 bits per heavy atom. The number of ether oxygens (including phenoxy) is 1. The van der Waals surface area contributed by atoms with Crippen molar-refractivity contribution in [3.05, 3.63) is 24.3 Å². The number of thiazole rings is 1. The Morgan fingerprint density at radius 2 is 2.22 bits per heavy atom. The molecule has 0 aliphatic carbocycles. The summed E-state index contributed by atoms with van der Waals surface area (Å²) in [7, 11) is 0. The molecule has 1 aliphatic rings. The smallest absolute Gasteiger partial charge is 0.274 e. The monoisotopic (exact) mass is 284 g/mol. The van der Waals surface area contributed by atoms with E-state index in [4.69, 9.17) is 4.74 Å². The number of hydrogen-bond donors (Lipinski definition) is 1. The molecule has 0 radical (unpaired) electrons. The molecule has 0 spiro atoms. The number of piperidine rings is 1. The summed E-state index contributed by atoms with van der Waals surface area (Å²) >= 11 is 1.62. The van der Waals surface area contributed by atoms with Gasteiger partial charge < -0.3 is 10.1 Å². The number of nitrogens with zero attached hydrogens (tertiary/aromatic N) is 1. The predicted molar refractivity (Wildman–Crippen MR) is 78.0 cm³/mol. The second-order valence-corrected chi connectivity index (χ2v) is 5.40. The van der Waals surface area contributed by atoms with E-state index >= 15 is 0 Å². The molecule has 0 amide bonds. The molecule has 5 heteroatoms. The molecular formula is C13H17ClN2OS. The van der Waals surface area contributed by atoms with Gasteiger partial charge in [0.1, 0.15) is 6.61 Å². The average molecular weight is 285 g/mol. The van der Waals surface area contributed by atoms with Crippen molar-refractivity contribution in [2.45, 2.75) is 25.3 Å². The van der Waals surface area contributed by atoms with Gasteiger partial charge in [0, 0.05) is 6.04 Å². The largest absolute Gasteiger partial charge is 0.468 e. The van der Waals surface area contributed by atoms with Crippen LogP contribution in [0, 0.1) is 0 Å². The zero-order chi connectivity index (χ0) is 11.5. The highest BCUT2D eigenvalue weighted by atomic mass is 35.5. The molecule has 0 bridgehead atoms. The van der Waals surface area contributed by atoms with Crippen LogP contribution in [-0.2, 0) is 0 Å². The van der Waals surface area contributed by atoms with Crippen molar-refractivity contribution in [3.63, 3.8) is 0 Å². The van der Waals surface area contributed by atoms with Crippen LogP contribution in [0.2, 0.25) is 0 Å². The lowest BCUT2D eigenvalue weighted by Gasteiger charge is -2.22. The van der Waals surface area contributed by atoms with E-state index in [0.717, 1.165) is 23.9 Å². The van der Waals surface area contributed by atoms with E-state index < -0.39 is 0 Å². The van der Waals surface area contributed by atoms with E-state index in [9.17, 15) is 0 Å². The van der Waals surface area contributed by atoms with Crippen molar-refractivity contribution in [3.8, 4) is 5.19 Å². The van der Waals surface area contributed by atoms with Crippen molar-refractivity contribution in [2.24, 2.45) is 0 Å². The Balaban J connectivity index is 0.00000120. The normalized spacial score (nSPS) is 19.4. The van der Waals surface area contributed by atoms with Gasteiger partial charge in [-0.15, -0.1) is 12.4 Å². The lowest BCUT2D eigenvalue weighted by molar-refractivity contribution is 0.238. The van der Waals surface area contributed by atoms with Crippen LogP contribution in [0.1, 0.15) is 19.3 Å². The molecule has 0 saturated carbocycles. The summed E-state index contributed by atoms with van der Waals surface area (Å²) in [5.41, 5.74) is 1.03. The molecule has 1 aliphatic heterocycles. The molecule has 1 aromatic heterocycles.